The van der Waals surface area contributed by atoms with Crippen LogP contribution < -0.4 is 15.0 Å². The summed E-state index contributed by atoms with van der Waals surface area (Å²) in [5, 5.41) is 2.66. The number of hydrogen-bond acceptors (Lipinski definition) is 4. The van der Waals surface area contributed by atoms with Crippen LogP contribution in [-0.2, 0) is 0 Å². The molecule has 3 rings (SSSR count). The first-order valence-electron chi connectivity index (χ1n) is 7.79. The van der Waals surface area contributed by atoms with Gasteiger partial charge in [0.25, 0.3) is 5.91 Å². The number of anilines is 2. The number of nitrogens with zero attached hydrogens (tertiary/aromatic N) is 2. The van der Waals surface area contributed by atoms with E-state index in [1.165, 1.54) is 12.1 Å². The Bertz CT molecular complexity index is 724. The van der Waals surface area contributed by atoms with Crippen molar-refractivity contribution >= 4 is 17.4 Å². The van der Waals surface area contributed by atoms with Crippen molar-refractivity contribution in [2.75, 3.05) is 23.3 Å². The SMILES string of the molecule is O=C(Nc1ccc(N2CCCC2)nc1)c1ccc(OC(F)(F)F)cc1. The van der Waals surface area contributed by atoms with Gasteiger partial charge in [-0.05, 0) is 49.2 Å². The van der Waals surface area contributed by atoms with Crippen molar-refractivity contribution in [2.24, 2.45) is 0 Å². The summed E-state index contributed by atoms with van der Waals surface area (Å²) in [6.45, 7) is 1.95. The number of benzene rings is 1. The summed E-state index contributed by atoms with van der Waals surface area (Å²) in [6, 6.07) is 8.31. The topological polar surface area (TPSA) is 54.5 Å². The molecule has 1 aromatic carbocycles. The van der Waals surface area contributed by atoms with E-state index in [-0.39, 0.29) is 11.3 Å². The molecule has 25 heavy (non-hydrogen) atoms. The zero-order valence-corrected chi connectivity index (χ0v) is 13.2. The number of halogens is 3. The molecule has 1 aliphatic rings. The van der Waals surface area contributed by atoms with Gasteiger partial charge in [0.05, 0.1) is 11.9 Å². The number of rotatable bonds is 4. The van der Waals surface area contributed by atoms with Gasteiger partial charge in [-0.2, -0.15) is 0 Å². The Morgan fingerprint density at radius 3 is 2.32 bits per heavy atom. The molecule has 132 valence electrons. The quantitative estimate of drug-likeness (QED) is 0.910. The summed E-state index contributed by atoms with van der Waals surface area (Å²) in [6.07, 6.45) is -0.901. The summed E-state index contributed by atoms with van der Waals surface area (Å²) in [5.41, 5.74) is 0.738. The Balaban J connectivity index is 1.61. The molecule has 0 radical (unpaired) electrons. The first kappa shape index (κ1) is 17.1. The molecule has 1 fully saturated rings. The van der Waals surface area contributed by atoms with Gasteiger partial charge in [-0.1, -0.05) is 0 Å². The zero-order valence-electron chi connectivity index (χ0n) is 13.2. The molecule has 1 saturated heterocycles. The molecule has 2 heterocycles. The van der Waals surface area contributed by atoms with Crippen molar-refractivity contribution in [1.29, 1.82) is 0 Å². The number of carbonyl (C=O) groups excluding carboxylic acids is 1. The molecule has 0 bridgehead atoms. The maximum Gasteiger partial charge on any atom is 0.573 e. The smallest absolute Gasteiger partial charge is 0.406 e. The molecule has 8 heteroatoms. The number of nitrogens with one attached hydrogen (secondary N) is 1. The van der Waals surface area contributed by atoms with Crippen molar-refractivity contribution in [1.82, 2.24) is 4.98 Å². The van der Waals surface area contributed by atoms with Crippen LogP contribution in [0, 0.1) is 0 Å². The highest BCUT2D eigenvalue weighted by Gasteiger charge is 2.31. The molecule has 2 aromatic rings. The van der Waals surface area contributed by atoms with E-state index < -0.39 is 12.3 Å². The van der Waals surface area contributed by atoms with Crippen molar-refractivity contribution in [3.63, 3.8) is 0 Å². The maximum absolute atomic E-state index is 12.1. The first-order chi connectivity index (χ1) is 11.9. The molecule has 5 nitrogen and oxygen atoms in total. The van der Waals surface area contributed by atoms with Crippen LogP contribution in [-0.4, -0.2) is 30.3 Å². The minimum absolute atomic E-state index is 0.221. The molecular weight excluding hydrogens is 335 g/mol. The average Bonchev–Trinajstić information content (AvgIpc) is 3.09. The van der Waals surface area contributed by atoms with Crippen LogP contribution >= 0.6 is 0 Å². The summed E-state index contributed by atoms with van der Waals surface area (Å²) < 4.78 is 40.1. The standard InChI is InChI=1S/C17H16F3N3O2/c18-17(19,20)25-14-6-3-12(4-7-14)16(24)22-13-5-8-15(21-11-13)23-9-1-2-10-23/h3-8,11H,1-2,9-10H2,(H,22,24). The molecule has 0 unspecified atom stereocenters. The second-order valence-corrected chi connectivity index (χ2v) is 5.63. The third-order valence-electron chi connectivity index (χ3n) is 3.79. The normalized spacial score (nSPS) is 14.4. The van der Waals surface area contributed by atoms with Gasteiger partial charge in [0.1, 0.15) is 11.6 Å². The van der Waals surface area contributed by atoms with Crippen molar-refractivity contribution in [3.8, 4) is 5.75 Å². The van der Waals surface area contributed by atoms with Crippen LogP contribution in [0.4, 0.5) is 24.7 Å². The third kappa shape index (κ3) is 4.62. The molecule has 1 amide bonds. The van der Waals surface area contributed by atoms with Gasteiger partial charge < -0.3 is 15.0 Å². The fourth-order valence-electron chi connectivity index (χ4n) is 2.60. The highest BCUT2D eigenvalue weighted by Crippen LogP contribution is 2.23. The van der Waals surface area contributed by atoms with E-state index in [1.54, 1.807) is 12.3 Å². The van der Waals surface area contributed by atoms with Crippen LogP contribution in [0.25, 0.3) is 0 Å². The molecule has 1 N–H and O–H groups in total. The Hall–Kier alpha value is -2.77. The van der Waals surface area contributed by atoms with E-state index in [9.17, 15) is 18.0 Å². The second kappa shape index (κ2) is 7.00. The minimum atomic E-state index is -4.76. The monoisotopic (exact) mass is 351 g/mol. The molecule has 0 spiro atoms. The first-order valence-corrected chi connectivity index (χ1v) is 7.79. The van der Waals surface area contributed by atoms with Crippen molar-refractivity contribution in [2.45, 2.75) is 19.2 Å². The summed E-state index contributed by atoms with van der Waals surface area (Å²) in [5.74, 6) is 0.0547. The number of alkyl halides is 3. The van der Waals surface area contributed by atoms with Gasteiger partial charge >= 0.3 is 6.36 Å². The van der Waals surface area contributed by atoms with E-state index in [1.807, 2.05) is 6.07 Å². The van der Waals surface area contributed by atoms with Gasteiger partial charge in [0, 0.05) is 18.7 Å². The Kier molecular flexibility index (Phi) is 4.78. The van der Waals surface area contributed by atoms with Gasteiger partial charge in [-0.3, -0.25) is 4.79 Å². The predicted octanol–water partition coefficient (Wildman–Crippen LogP) is 3.83. The third-order valence-corrected chi connectivity index (χ3v) is 3.79. The molecule has 1 aromatic heterocycles. The van der Waals surface area contributed by atoms with Crippen LogP contribution in [0.5, 0.6) is 5.75 Å². The van der Waals surface area contributed by atoms with Crippen LogP contribution in [0.2, 0.25) is 0 Å². The van der Waals surface area contributed by atoms with Gasteiger partial charge in [0.2, 0.25) is 0 Å². The predicted molar refractivity (Wildman–Crippen MR) is 86.8 cm³/mol. The largest absolute Gasteiger partial charge is 0.573 e. The summed E-state index contributed by atoms with van der Waals surface area (Å²) in [4.78, 5) is 18.6. The number of hydrogen-bond donors (Lipinski definition) is 1. The zero-order chi connectivity index (χ0) is 17.9. The van der Waals surface area contributed by atoms with E-state index in [0.717, 1.165) is 43.9 Å². The van der Waals surface area contributed by atoms with Crippen LogP contribution in [0.1, 0.15) is 23.2 Å². The molecular formula is C17H16F3N3O2. The van der Waals surface area contributed by atoms with Crippen LogP contribution in [0.15, 0.2) is 42.6 Å². The highest BCUT2D eigenvalue weighted by molar-refractivity contribution is 6.04. The highest BCUT2D eigenvalue weighted by atomic mass is 19.4. The number of aromatic nitrogens is 1. The van der Waals surface area contributed by atoms with Crippen LogP contribution in [0.3, 0.4) is 0 Å². The minimum Gasteiger partial charge on any atom is -0.406 e. The fourth-order valence-corrected chi connectivity index (χ4v) is 2.60. The molecule has 1 aliphatic heterocycles. The lowest BCUT2D eigenvalue weighted by atomic mass is 10.2. The lowest BCUT2D eigenvalue weighted by Crippen LogP contribution is -2.19. The van der Waals surface area contributed by atoms with E-state index >= 15 is 0 Å². The van der Waals surface area contributed by atoms with Gasteiger partial charge in [-0.15, -0.1) is 13.2 Å². The summed E-state index contributed by atoms with van der Waals surface area (Å²) >= 11 is 0. The molecule has 0 saturated carbocycles. The second-order valence-electron chi connectivity index (χ2n) is 5.63. The lowest BCUT2D eigenvalue weighted by molar-refractivity contribution is -0.274. The molecule has 0 aliphatic carbocycles. The number of pyridine rings is 1. The lowest BCUT2D eigenvalue weighted by Gasteiger charge is -2.16. The number of carbonyl (C=O) groups is 1. The number of amides is 1. The Labute approximate surface area is 142 Å². The number of ether oxygens (including phenoxy) is 1. The Morgan fingerprint density at radius 1 is 1.08 bits per heavy atom. The van der Waals surface area contributed by atoms with Gasteiger partial charge in [-0.25, -0.2) is 4.98 Å². The van der Waals surface area contributed by atoms with E-state index in [2.05, 4.69) is 19.9 Å². The molecule has 0 atom stereocenters. The van der Waals surface area contributed by atoms with Gasteiger partial charge in [0.15, 0.2) is 0 Å². The average molecular weight is 351 g/mol. The van der Waals surface area contributed by atoms with E-state index in [4.69, 9.17) is 0 Å². The Morgan fingerprint density at radius 2 is 1.76 bits per heavy atom. The maximum atomic E-state index is 12.1. The van der Waals surface area contributed by atoms with Crippen molar-refractivity contribution < 1.29 is 22.7 Å². The van der Waals surface area contributed by atoms with E-state index in [0.29, 0.717) is 5.69 Å². The summed E-state index contributed by atoms with van der Waals surface area (Å²) in [7, 11) is 0. The van der Waals surface area contributed by atoms with Crippen molar-refractivity contribution in [3.05, 3.63) is 48.2 Å². The fraction of sp³-hybridized carbons (Fsp3) is 0.294.